The van der Waals surface area contributed by atoms with E-state index < -0.39 is 102 Å². The highest BCUT2D eigenvalue weighted by atomic mass is 32.2. The molecule has 14 nitrogen and oxygen atoms in total. The first kappa shape index (κ1) is 57.0. The van der Waals surface area contributed by atoms with Crippen LogP contribution >= 0.6 is 23.5 Å². The molecule has 414 valence electrons. The first-order valence-electron chi connectivity index (χ1n) is 27.3. The van der Waals surface area contributed by atoms with Gasteiger partial charge in [-0.3, -0.25) is 4.79 Å². The fourth-order valence-electron chi connectivity index (χ4n) is 14.3. The zero-order chi connectivity index (χ0) is 53.6. The van der Waals surface area contributed by atoms with Crippen molar-refractivity contribution in [3.8, 4) is 0 Å². The summed E-state index contributed by atoms with van der Waals surface area (Å²) in [6.07, 6.45) is 0.897. The molecule has 3 saturated heterocycles. The number of esters is 1. The quantitative estimate of drug-likeness (QED) is 0.0927. The molecule has 0 bridgehead atoms. The lowest BCUT2D eigenvalue weighted by Crippen LogP contribution is -2.67. The first-order chi connectivity index (χ1) is 35.9. The minimum absolute atomic E-state index is 0.0288. The monoisotopic (exact) mass is 1080 g/mol. The highest BCUT2D eigenvalue weighted by molar-refractivity contribution is 8.00. The van der Waals surface area contributed by atoms with Crippen molar-refractivity contribution in [1.29, 1.82) is 0 Å². The van der Waals surface area contributed by atoms with Crippen LogP contribution < -0.4 is 0 Å². The van der Waals surface area contributed by atoms with Crippen LogP contribution in [0.25, 0.3) is 0 Å². The molecular weight excluding hydrogens is 997 g/mol. The molecule has 0 amide bonds. The number of aliphatic hydroxyl groups is 2. The van der Waals surface area contributed by atoms with Gasteiger partial charge in [-0.15, -0.1) is 23.5 Å². The summed E-state index contributed by atoms with van der Waals surface area (Å²) in [5.41, 5.74) is -0.564. The van der Waals surface area contributed by atoms with Gasteiger partial charge in [-0.1, -0.05) is 68.0 Å². The number of methoxy groups -OCH3 is 3. The largest absolute Gasteiger partial charge is 0.458 e. The number of carbonyl (C=O) groups excluding carboxylic acids is 2. The number of Topliss-reactive ketones (excluding diaryl/α,β-unsaturated/α-hetero) is 1. The molecular formula is C59H82O14S2. The highest BCUT2D eigenvalue weighted by Crippen LogP contribution is 2.69. The molecule has 4 aliphatic carbocycles. The van der Waals surface area contributed by atoms with Gasteiger partial charge in [0.05, 0.1) is 46.6 Å². The van der Waals surface area contributed by atoms with Gasteiger partial charge in [0.1, 0.15) is 42.4 Å². The number of benzene rings is 2. The lowest BCUT2D eigenvalue weighted by Gasteiger charge is -2.63. The maximum Gasteiger partial charge on any atom is 0.333 e. The molecule has 2 N–H and O–H groups in total. The Morgan fingerprint density at radius 1 is 0.720 bits per heavy atom. The van der Waals surface area contributed by atoms with Crippen LogP contribution in [0.5, 0.6) is 0 Å². The van der Waals surface area contributed by atoms with Crippen LogP contribution in [0.2, 0.25) is 0 Å². The van der Waals surface area contributed by atoms with E-state index in [1.807, 2.05) is 83.1 Å². The SMILES string of the molecule is C/C=C(\C)C(=O)O[C@@H]1CC2C(CC=C3C[C@@H](OC4OC(C)C(OC5OC(C)C(OC6OC(C)CC(OC)C6O)C(OC)C5Sc5ccccc5)C(OC)C4Sc4ccccc4)CC[C@@]32C)[C@@]2(O)CCC(C(C)=O)[C@@]12C. The predicted octanol–water partition coefficient (Wildman–Crippen LogP) is 9.27. The van der Waals surface area contributed by atoms with Crippen LogP contribution in [0.1, 0.15) is 107 Å². The fourth-order valence-corrected chi connectivity index (χ4v) is 16.9. The highest BCUT2D eigenvalue weighted by Gasteiger charge is 2.71. The summed E-state index contributed by atoms with van der Waals surface area (Å²) in [7, 11) is 4.96. The number of rotatable bonds is 16. The van der Waals surface area contributed by atoms with Gasteiger partial charge in [0, 0.05) is 54.4 Å². The molecule has 7 aliphatic rings. The normalized spacial score (nSPS) is 43.9. The number of aliphatic hydroxyl groups excluding tert-OH is 1. The zero-order valence-corrected chi connectivity index (χ0v) is 47.3. The fraction of sp³-hybridized carbons (Fsp3) is 0.695. The van der Waals surface area contributed by atoms with Crippen molar-refractivity contribution in [3.05, 3.63) is 84.0 Å². The third-order valence-electron chi connectivity index (χ3n) is 18.6. The number of allylic oxidation sites excluding steroid dienone is 2. The standard InChI is InChI=1S/C59H82O14S2/c1-12-32(2)53(62)71-45-31-43-42(59(63)28-26-41(34(4)60)58(45,59)8)24-23-37-30-38(25-27-57(37,43)7)70-55-51(74-39-19-15-13-16-20-39)50(66-11)48(36(6)68-55)73-56-52(75-40-21-17-14-18-22-40)49(65-10)47(35(5)69-56)72-54-46(61)44(64-9)29-33(3)67-54/h12-23,33,35-36,38,41-52,54-56,61,63H,24-31H2,1-11H3/b32-12+/t33?,35?,36?,38-,41?,42?,43?,44?,45+,46?,47?,48?,49?,50?,51?,52?,54?,55?,56?,57-,58-,59-/m0/s1. The molecule has 0 aromatic heterocycles. The second-order valence-corrected chi connectivity index (χ2v) is 25.2. The van der Waals surface area contributed by atoms with E-state index in [0.29, 0.717) is 44.1 Å². The van der Waals surface area contributed by atoms with Gasteiger partial charge in [-0.2, -0.15) is 0 Å². The molecule has 3 aliphatic heterocycles. The Kier molecular flexibility index (Phi) is 17.9. The number of ketones is 1. The summed E-state index contributed by atoms with van der Waals surface area (Å²) in [6.45, 7) is 15.4. The number of hydrogen-bond donors (Lipinski definition) is 2. The lowest BCUT2D eigenvalue weighted by atomic mass is 9.45. The van der Waals surface area contributed by atoms with Crippen molar-refractivity contribution in [2.24, 2.45) is 28.6 Å². The zero-order valence-electron chi connectivity index (χ0n) is 45.7. The molecule has 16 heteroatoms. The Bertz CT molecular complexity index is 2340. The predicted molar refractivity (Wildman–Crippen MR) is 285 cm³/mol. The molecule has 22 atom stereocenters. The second kappa shape index (κ2) is 23.6. The summed E-state index contributed by atoms with van der Waals surface area (Å²) in [5, 5.41) is 23.5. The second-order valence-electron chi connectivity index (χ2n) is 22.7. The van der Waals surface area contributed by atoms with Crippen LogP contribution in [-0.4, -0.2) is 145 Å². The maximum absolute atomic E-state index is 13.5. The van der Waals surface area contributed by atoms with E-state index >= 15 is 0 Å². The average Bonchev–Trinajstić information content (AvgIpc) is 3.75. The minimum atomic E-state index is -1.18. The van der Waals surface area contributed by atoms with E-state index in [2.05, 4.69) is 25.1 Å². The number of hydrogen-bond acceptors (Lipinski definition) is 16. The Balaban J connectivity index is 0.962. The van der Waals surface area contributed by atoms with Crippen molar-refractivity contribution < 1.29 is 67.2 Å². The van der Waals surface area contributed by atoms with Gasteiger partial charge >= 0.3 is 5.97 Å². The van der Waals surface area contributed by atoms with Crippen LogP contribution in [0.3, 0.4) is 0 Å². The molecule has 0 radical (unpaired) electrons. The van der Waals surface area contributed by atoms with E-state index in [9.17, 15) is 19.8 Å². The Morgan fingerprint density at radius 2 is 1.29 bits per heavy atom. The van der Waals surface area contributed by atoms with Gasteiger partial charge in [0.25, 0.3) is 0 Å². The van der Waals surface area contributed by atoms with Gasteiger partial charge < -0.3 is 57.6 Å². The Hall–Kier alpha value is -2.68. The molecule has 0 spiro atoms. The molecule has 2 aromatic carbocycles. The minimum Gasteiger partial charge on any atom is -0.458 e. The number of ether oxygens (including phenoxy) is 10. The van der Waals surface area contributed by atoms with Gasteiger partial charge in [-0.05, 0) is 128 Å². The average molecular weight is 1080 g/mol. The first-order valence-corrected chi connectivity index (χ1v) is 29.0. The van der Waals surface area contributed by atoms with Crippen molar-refractivity contribution in [3.63, 3.8) is 0 Å². The molecule has 9 rings (SSSR count). The summed E-state index contributed by atoms with van der Waals surface area (Å²) in [6, 6.07) is 20.3. The van der Waals surface area contributed by atoms with E-state index in [1.54, 1.807) is 64.8 Å². The van der Waals surface area contributed by atoms with Gasteiger partial charge in [0.15, 0.2) is 18.9 Å². The van der Waals surface area contributed by atoms with Crippen molar-refractivity contribution in [1.82, 2.24) is 0 Å². The van der Waals surface area contributed by atoms with Crippen LogP contribution in [0, 0.1) is 28.6 Å². The van der Waals surface area contributed by atoms with Gasteiger partial charge in [0.2, 0.25) is 0 Å². The van der Waals surface area contributed by atoms with E-state index in [1.165, 1.54) is 5.57 Å². The molecule has 2 aromatic rings. The third kappa shape index (κ3) is 10.9. The van der Waals surface area contributed by atoms with Crippen molar-refractivity contribution in [2.75, 3.05) is 21.3 Å². The summed E-state index contributed by atoms with van der Waals surface area (Å²) in [4.78, 5) is 28.8. The molecule has 75 heavy (non-hydrogen) atoms. The molecule has 6 fully saturated rings. The van der Waals surface area contributed by atoms with Crippen LogP contribution in [0.4, 0.5) is 0 Å². The summed E-state index contributed by atoms with van der Waals surface area (Å²) >= 11 is 3.22. The molecule has 3 heterocycles. The number of thioether (sulfide) groups is 2. The Labute approximate surface area is 453 Å². The third-order valence-corrected chi connectivity index (χ3v) is 21.3. The maximum atomic E-state index is 13.5. The topological polar surface area (TPSA) is 167 Å². The van der Waals surface area contributed by atoms with E-state index in [4.69, 9.17) is 47.4 Å². The van der Waals surface area contributed by atoms with Crippen LogP contribution in [-0.2, 0) is 57.0 Å². The Morgan fingerprint density at radius 3 is 1.84 bits per heavy atom. The van der Waals surface area contributed by atoms with E-state index in [0.717, 1.165) is 22.6 Å². The smallest absolute Gasteiger partial charge is 0.333 e. The van der Waals surface area contributed by atoms with Crippen molar-refractivity contribution >= 4 is 35.3 Å². The summed E-state index contributed by atoms with van der Waals surface area (Å²) < 4.78 is 66.1. The summed E-state index contributed by atoms with van der Waals surface area (Å²) in [5.74, 6) is -0.819. The van der Waals surface area contributed by atoms with Gasteiger partial charge in [-0.25, -0.2) is 4.79 Å². The molecule has 17 unspecified atom stereocenters. The van der Waals surface area contributed by atoms with Crippen molar-refractivity contribution in [2.45, 2.75) is 219 Å². The number of fused-ring (bicyclic) bond motifs is 5. The molecule has 3 saturated carbocycles. The number of carbonyl (C=O) groups is 2. The van der Waals surface area contributed by atoms with E-state index in [-0.39, 0.29) is 40.5 Å². The lowest BCUT2D eigenvalue weighted by molar-refractivity contribution is -0.341. The van der Waals surface area contributed by atoms with Crippen LogP contribution in [0.15, 0.2) is 93.8 Å².